The van der Waals surface area contributed by atoms with E-state index < -0.39 is 0 Å². The lowest BCUT2D eigenvalue weighted by atomic mass is 9.88. The Labute approximate surface area is 111 Å². The number of nitrogens with two attached hydrogens (primary N) is 1. The van der Waals surface area contributed by atoms with Crippen molar-refractivity contribution in [2.24, 2.45) is 5.73 Å². The second-order valence-corrected chi connectivity index (χ2v) is 6.19. The van der Waals surface area contributed by atoms with Crippen molar-refractivity contribution in [3.05, 3.63) is 0 Å². The molecule has 0 spiro atoms. The Morgan fingerprint density at radius 1 is 1.39 bits per heavy atom. The van der Waals surface area contributed by atoms with Gasteiger partial charge in [0.15, 0.2) is 0 Å². The molecule has 2 aliphatic heterocycles. The van der Waals surface area contributed by atoms with Crippen LogP contribution in [0.25, 0.3) is 0 Å². The molecule has 2 aliphatic rings. The molecule has 0 aromatic carbocycles. The van der Waals surface area contributed by atoms with Crippen LogP contribution in [0.5, 0.6) is 0 Å². The van der Waals surface area contributed by atoms with Crippen molar-refractivity contribution in [3.63, 3.8) is 0 Å². The van der Waals surface area contributed by atoms with Crippen LogP contribution in [0.15, 0.2) is 0 Å². The van der Waals surface area contributed by atoms with Crippen molar-refractivity contribution in [1.29, 1.82) is 0 Å². The van der Waals surface area contributed by atoms with Crippen LogP contribution < -0.4 is 5.73 Å². The quantitative estimate of drug-likeness (QED) is 0.814. The highest BCUT2D eigenvalue weighted by Gasteiger charge is 2.37. The largest absolute Gasteiger partial charge is 0.375 e. The van der Waals surface area contributed by atoms with E-state index in [1.54, 1.807) is 0 Å². The van der Waals surface area contributed by atoms with Gasteiger partial charge in [-0.15, -0.1) is 0 Å². The molecule has 2 saturated heterocycles. The van der Waals surface area contributed by atoms with Crippen LogP contribution >= 0.6 is 0 Å². The summed E-state index contributed by atoms with van der Waals surface area (Å²) >= 11 is 0. The van der Waals surface area contributed by atoms with Crippen molar-refractivity contribution >= 4 is 0 Å². The van der Waals surface area contributed by atoms with Gasteiger partial charge in [-0.25, -0.2) is 0 Å². The summed E-state index contributed by atoms with van der Waals surface area (Å²) in [5, 5.41) is 0. The van der Waals surface area contributed by atoms with E-state index in [9.17, 15) is 0 Å². The molecule has 2 N–H and O–H groups in total. The number of ether oxygens (including phenoxy) is 1. The van der Waals surface area contributed by atoms with Gasteiger partial charge in [0.2, 0.25) is 0 Å². The zero-order valence-electron chi connectivity index (χ0n) is 12.2. The molecule has 0 aliphatic carbocycles. The number of rotatable bonds is 3. The number of hydrogen-bond acceptors (Lipinski definition) is 4. The highest BCUT2D eigenvalue weighted by atomic mass is 16.5. The van der Waals surface area contributed by atoms with Gasteiger partial charge in [0.1, 0.15) is 0 Å². The topological polar surface area (TPSA) is 41.7 Å². The van der Waals surface area contributed by atoms with Crippen LogP contribution in [0.1, 0.15) is 33.1 Å². The Balaban J connectivity index is 2.01. The summed E-state index contributed by atoms with van der Waals surface area (Å²) in [5.74, 6) is 0. The molecule has 2 fully saturated rings. The molecule has 3 atom stereocenters. The second-order valence-electron chi connectivity index (χ2n) is 6.19. The third-order valence-corrected chi connectivity index (χ3v) is 4.79. The predicted octanol–water partition coefficient (Wildman–Crippen LogP) is 0.909. The molecule has 3 unspecified atom stereocenters. The van der Waals surface area contributed by atoms with Gasteiger partial charge in [-0.2, -0.15) is 0 Å². The zero-order valence-corrected chi connectivity index (χ0v) is 12.2. The number of likely N-dealkylation sites (N-methyl/N-ethyl adjacent to an activating group) is 1. The van der Waals surface area contributed by atoms with Crippen LogP contribution in [0.4, 0.5) is 0 Å². The standard InChI is InChI=1S/C14H29N3O/c1-4-14(2)9-12(5-8-18-14)17-7-6-16(3)11-13(17)10-15/h12-13H,4-11,15H2,1-3H3. The lowest BCUT2D eigenvalue weighted by Gasteiger charge is -2.48. The van der Waals surface area contributed by atoms with E-state index in [1.807, 2.05) is 0 Å². The van der Waals surface area contributed by atoms with Gasteiger partial charge in [0.05, 0.1) is 5.60 Å². The first-order valence-electron chi connectivity index (χ1n) is 7.36. The van der Waals surface area contributed by atoms with E-state index in [1.165, 1.54) is 0 Å². The first kappa shape index (κ1) is 14.3. The van der Waals surface area contributed by atoms with Gasteiger partial charge in [0, 0.05) is 44.9 Å². The van der Waals surface area contributed by atoms with E-state index in [0.29, 0.717) is 12.1 Å². The van der Waals surface area contributed by atoms with Crippen LogP contribution in [-0.4, -0.2) is 67.3 Å². The molecule has 106 valence electrons. The molecule has 2 heterocycles. The van der Waals surface area contributed by atoms with E-state index in [0.717, 1.165) is 52.0 Å². The molecular formula is C14H29N3O. The maximum Gasteiger partial charge on any atom is 0.0666 e. The molecule has 4 nitrogen and oxygen atoms in total. The summed E-state index contributed by atoms with van der Waals surface area (Å²) < 4.78 is 5.96. The SMILES string of the molecule is CCC1(C)CC(N2CCN(C)CC2CN)CCO1. The Hall–Kier alpha value is -0.160. The Kier molecular flexibility index (Phi) is 4.64. The minimum absolute atomic E-state index is 0.0748. The van der Waals surface area contributed by atoms with E-state index in [4.69, 9.17) is 10.5 Å². The van der Waals surface area contributed by atoms with Crippen LogP contribution in [0.3, 0.4) is 0 Å². The Morgan fingerprint density at radius 3 is 2.83 bits per heavy atom. The minimum atomic E-state index is 0.0748. The monoisotopic (exact) mass is 255 g/mol. The second kappa shape index (κ2) is 5.87. The molecule has 2 rings (SSSR count). The highest BCUT2D eigenvalue weighted by Crippen LogP contribution is 2.31. The molecule has 0 aromatic heterocycles. The smallest absolute Gasteiger partial charge is 0.0666 e. The summed E-state index contributed by atoms with van der Waals surface area (Å²) in [5.41, 5.74) is 6.04. The van der Waals surface area contributed by atoms with E-state index in [-0.39, 0.29) is 5.60 Å². The predicted molar refractivity (Wildman–Crippen MR) is 74.7 cm³/mol. The Bertz CT molecular complexity index is 274. The maximum atomic E-state index is 5.96. The molecule has 0 aromatic rings. The molecule has 0 bridgehead atoms. The van der Waals surface area contributed by atoms with Crippen molar-refractivity contribution in [1.82, 2.24) is 9.80 Å². The first-order valence-corrected chi connectivity index (χ1v) is 7.36. The first-order chi connectivity index (χ1) is 8.58. The molecule has 0 radical (unpaired) electrons. The number of nitrogens with zero attached hydrogens (tertiary/aromatic N) is 2. The minimum Gasteiger partial charge on any atom is -0.375 e. The van der Waals surface area contributed by atoms with Gasteiger partial charge >= 0.3 is 0 Å². The summed E-state index contributed by atoms with van der Waals surface area (Å²) in [7, 11) is 2.19. The van der Waals surface area contributed by atoms with Crippen LogP contribution in [0, 0.1) is 0 Å². The lowest BCUT2D eigenvalue weighted by Crippen LogP contribution is -2.60. The Morgan fingerprint density at radius 2 is 2.17 bits per heavy atom. The number of piperazine rings is 1. The summed E-state index contributed by atoms with van der Waals surface area (Å²) in [6.45, 7) is 9.58. The van der Waals surface area contributed by atoms with E-state index in [2.05, 4.69) is 30.7 Å². The molecule has 0 saturated carbocycles. The van der Waals surface area contributed by atoms with Crippen LogP contribution in [0.2, 0.25) is 0 Å². The zero-order chi connectivity index (χ0) is 13.2. The van der Waals surface area contributed by atoms with Crippen molar-refractivity contribution in [2.75, 3.05) is 39.8 Å². The fourth-order valence-electron chi connectivity index (χ4n) is 3.35. The van der Waals surface area contributed by atoms with Gasteiger partial charge in [0.25, 0.3) is 0 Å². The highest BCUT2D eigenvalue weighted by molar-refractivity contribution is 4.92. The van der Waals surface area contributed by atoms with Gasteiger partial charge < -0.3 is 15.4 Å². The number of hydrogen-bond donors (Lipinski definition) is 1. The normalized spacial score (nSPS) is 40.0. The van der Waals surface area contributed by atoms with E-state index >= 15 is 0 Å². The van der Waals surface area contributed by atoms with Crippen LogP contribution in [-0.2, 0) is 4.74 Å². The summed E-state index contributed by atoms with van der Waals surface area (Å²) in [4.78, 5) is 5.04. The average molecular weight is 255 g/mol. The fourth-order valence-corrected chi connectivity index (χ4v) is 3.35. The molecular weight excluding hydrogens is 226 g/mol. The molecule has 18 heavy (non-hydrogen) atoms. The third kappa shape index (κ3) is 3.05. The fraction of sp³-hybridized carbons (Fsp3) is 1.00. The average Bonchev–Trinajstić information content (AvgIpc) is 2.38. The maximum absolute atomic E-state index is 5.96. The van der Waals surface area contributed by atoms with Crippen molar-refractivity contribution in [2.45, 2.75) is 50.8 Å². The third-order valence-electron chi connectivity index (χ3n) is 4.79. The van der Waals surface area contributed by atoms with Gasteiger partial charge in [-0.3, -0.25) is 4.90 Å². The van der Waals surface area contributed by atoms with Crippen molar-refractivity contribution in [3.8, 4) is 0 Å². The summed E-state index contributed by atoms with van der Waals surface area (Å²) in [6.07, 6.45) is 3.42. The molecule has 0 amide bonds. The molecule has 4 heteroatoms. The van der Waals surface area contributed by atoms with Crippen molar-refractivity contribution < 1.29 is 4.74 Å². The van der Waals surface area contributed by atoms with Gasteiger partial charge in [-0.05, 0) is 33.2 Å². The summed E-state index contributed by atoms with van der Waals surface area (Å²) in [6, 6.07) is 1.18. The van der Waals surface area contributed by atoms with Gasteiger partial charge in [-0.1, -0.05) is 6.92 Å². The lowest BCUT2D eigenvalue weighted by molar-refractivity contribution is -0.107.